The lowest BCUT2D eigenvalue weighted by atomic mass is 9.99. The molecule has 41 heavy (non-hydrogen) atoms. The smallest absolute Gasteiger partial charge is 0.329 e. The van der Waals surface area contributed by atoms with Crippen LogP contribution in [0.1, 0.15) is 72.8 Å². The number of nitrogens with one attached hydrogen (secondary N) is 3. The summed E-state index contributed by atoms with van der Waals surface area (Å²) in [6.07, 6.45) is -0.0220. The number of ether oxygens (including phenoxy) is 1. The van der Waals surface area contributed by atoms with Gasteiger partial charge in [-0.1, -0.05) is 71.9 Å². The van der Waals surface area contributed by atoms with E-state index in [0.29, 0.717) is 12.8 Å². The van der Waals surface area contributed by atoms with Crippen LogP contribution in [0.5, 0.6) is 0 Å². The van der Waals surface area contributed by atoms with Gasteiger partial charge in [-0.15, -0.1) is 0 Å². The third-order valence-corrected chi connectivity index (χ3v) is 6.93. The minimum Gasteiger partial charge on any atom is -0.451 e. The van der Waals surface area contributed by atoms with Crippen LogP contribution in [-0.2, 0) is 35.1 Å². The van der Waals surface area contributed by atoms with Gasteiger partial charge in [-0.05, 0) is 42.6 Å². The van der Waals surface area contributed by atoms with Crippen LogP contribution in [0, 0.1) is 17.8 Å². The maximum atomic E-state index is 13.8. The van der Waals surface area contributed by atoms with Crippen molar-refractivity contribution in [3.63, 3.8) is 0 Å². The van der Waals surface area contributed by atoms with Crippen LogP contribution in [0.25, 0.3) is 0 Å². The van der Waals surface area contributed by atoms with Crippen molar-refractivity contribution in [2.24, 2.45) is 17.8 Å². The minimum atomic E-state index is -1.13. The second-order valence-electron chi connectivity index (χ2n) is 12.2. The highest BCUT2D eigenvalue weighted by atomic mass is 16.5. The van der Waals surface area contributed by atoms with Crippen molar-refractivity contribution in [1.82, 2.24) is 20.9 Å². The largest absolute Gasteiger partial charge is 0.451 e. The number of esters is 1. The number of nitrogens with zero attached hydrogens (tertiary/aromatic N) is 1. The Balaban J connectivity index is 2.49. The van der Waals surface area contributed by atoms with Crippen molar-refractivity contribution in [3.05, 3.63) is 35.9 Å². The maximum Gasteiger partial charge on any atom is 0.329 e. The van der Waals surface area contributed by atoms with E-state index in [2.05, 4.69) is 16.0 Å². The number of rotatable bonds is 8. The second-order valence-corrected chi connectivity index (χ2v) is 12.2. The molecule has 4 amide bonds. The van der Waals surface area contributed by atoms with Gasteiger partial charge in [0, 0.05) is 26.4 Å². The van der Waals surface area contributed by atoms with Gasteiger partial charge in [-0.2, -0.15) is 0 Å². The predicted octanol–water partition coefficient (Wildman–Crippen LogP) is 2.60. The summed E-state index contributed by atoms with van der Waals surface area (Å²) in [5, 5.41) is 8.32. The van der Waals surface area contributed by atoms with E-state index in [1.54, 1.807) is 0 Å². The van der Waals surface area contributed by atoms with Crippen molar-refractivity contribution in [2.75, 3.05) is 13.6 Å². The lowest BCUT2D eigenvalue weighted by Crippen LogP contribution is -2.56. The molecule has 228 valence electrons. The molecule has 1 heterocycles. The van der Waals surface area contributed by atoms with Gasteiger partial charge in [0.25, 0.3) is 5.91 Å². The van der Waals surface area contributed by atoms with Crippen molar-refractivity contribution in [2.45, 2.75) is 97.9 Å². The molecule has 0 radical (unpaired) electrons. The Morgan fingerprint density at radius 3 is 1.98 bits per heavy atom. The molecule has 1 aliphatic rings. The Kier molecular flexibility index (Phi) is 13.3. The molecule has 1 aliphatic heterocycles. The predicted molar refractivity (Wildman–Crippen MR) is 156 cm³/mol. The molecule has 0 aromatic heterocycles. The first kappa shape index (κ1) is 33.8. The molecule has 4 atom stereocenters. The molecule has 0 aliphatic carbocycles. The topological polar surface area (TPSA) is 134 Å². The normalized spacial score (nSPS) is 23.9. The van der Waals surface area contributed by atoms with E-state index >= 15 is 0 Å². The van der Waals surface area contributed by atoms with Crippen molar-refractivity contribution < 1.29 is 28.7 Å². The maximum absolute atomic E-state index is 13.8. The van der Waals surface area contributed by atoms with E-state index in [4.69, 9.17) is 4.74 Å². The molecule has 3 N–H and O–H groups in total. The summed E-state index contributed by atoms with van der Waals surface area (Å²) in [7, 11) is 1.52. The average Bonchev–Trinajstić information content (AvgIpc) is 2.88. The van der Waals surface area contributed by atoms with Crippen LogP contribution >= 0.6 is 0 Å². The Labute approximate surface area is 244 Å². The Bertz CT molecular complexity index is 1040. The van der Waals surface area contributed by atoms with Crippen molar-refractivity contribution in [1.29, 1.82) is 0 Å². The molecular weight excluding hydrogens is 524 g/mol. The zero-order chi connectivity index (χ0) is 30.7. The quantitative estimate of drug-likeness (QED) is 0.410. The lowest BCUT2D eigenvalue weighted by molar-refractivity contribution is -0.165. The molecule has 2 rings (SSSR count). The average molecular weight is 573 g/mol. The number of amides is 4. The number of cyclic esters (lactones) is 1. The SMILES string of the molecule is CC(C)C[C@@H]1NC(=O)[C@@H](CC(C)C)NC(=O)CCNC(=O)[C@H](Cc2ccccc2)N(C)C(=O)[C@H](CC(C)C)OC1=O. The molecule has 1 saturated heterocycles. The van der Waals surface area contributed by atoms with Crippen LogP contribution < -0.4 is 16.0 Å². The number of benzene rings is 1. The highest BCUT2D eigenvalue weighted by Crippen LogP contribution is 2.18. The van der Waals surface area contributed by atoms with Gasteiger partial charge >= 0.3 is 5.97 Å². The van der Waals surface area contributed by atoms with Crippen LogP contribution in [-0.4, -0.2) is 72.3 Å². The number of likely N-dealkylation sites (N-methyl/N-ethyl adjacent to an activating group) is 1. The first-order valence-corrected chi connectivity index (χ1v) is 14.7. The third-order valence-electron chi connectivity index (χ3n) is 6.93. The summed E-state index contributed by atoms with van der Waals surface area (Å²) >= 11 is 0. The van der Waals surface area contributed by atoms with Crippen LogP contribution in [0.3, 0.4) is 0 Å². The van der Waals surface area contributed by atoms with E-state index in [0.717, 1.165) is 5.56 Å². The highest BCUT2D eigenvalue weighted by Gasteiger charge is 2.36. The first-order chi connectivity index (χ1) is 19.3. The van der Waals surface area contributed by atoms with E-state index in [9.17, 15) is 24.0 Å². The third kappa shape index (κ3) is 11.2. The van der Waals surface area contributed by atoms with E-state index in [1.807, 2.05) is 71.9 Å². The Morgan fingerprint density at radius 1 is 0.805 bits per heavy atom. The number of carbonyl (C=O) groups is 5. The van der Waals surface area contributed by atoms with E-state index in [1.165, 1.54) is 11.9 Å². The van der Waals surface area contributed by atoms with Gasteiger partial charge in [-0.3, -0.25) is 19.2 Å². The fraction of sp³-hybridized carbons (Fsp3) is 0.645. The summed E-state index contributed by atoms with van der Waals surface area (Å²) in [6, 6.07) is 6.57. The lowest BCUT2D eigenvalue weighted by Gasteiger charge is -2.32. The molecular formula is C31H48N4O6. The highest BCUT2D eigenvalue weighted by molar-refractivity contribution is 5.93. The molecule has 0 spiro atoms. The Hall–Kier alpha value is -3.43. The molecule has 1 fully saturated rings. The van der Waals surface area contributed by atoms with Crippen LogP contribution in [0.2, 0.25) is 0 Å². The fourth-order valence-electron chi connectivity index (χ4n) is 4.82. The molecule has 1 aromatic rings. The van der Waals surface area contributed by atoms with E-state index in [-0.39, 0.29) is 43.6 Å². The molecule has 0 saturated carbocycles. The van der Waals surface area contributed by atoms with E-state index < -0.39 is 53.8 Å². The van der Waals surface area contributed by atoms with Gasteiger partial charge in [0.1, 0.15) is 18.1 Å². The molecule has 1 aromatic carbocycles. The summed E-state index contributed by atoms with van der Waals surface area (Å²) in [5.74, 6) is -2.38. The van der Waals surface area contributed by atoms with Gasteiger partial charge in [0.2, 0.25) is 17.7 Å². The molecule has 0 unspecified atom stereocenters. The summed E-state index contributed by atoms with van der Waals surface area (Å²) < 4.78 is 5.81. The molecule has 0 bridgehead atoms. The Morgan fingerprint density at radius 2 is 1.39 bits per heavy atom. The molecule has 10 heteroatoms. The van der Waals surface area contributed by atoms with Crippen LogP contribution in [0.4, 0.5) is 0 Å². The van der Waals surface area contributed by atoms with Gasteiger partial charge in [-0.25, -0.2) is 4.79 Å². The second kappa shape index (κ2) is 16.1. The van der Waals surface area contributed by atoms with Crippen molar-refractivity contribution >= 4 is 29.6 Å². The zero-order valence-electron chi connectivity index (χ0n) is 25.6. The van der Waals surface area contributed by atoms with Gasteiger partial charge in [0.15, 0.2) is 6.10 Å². The zero-order valence-corrected chi connectivity index (χ0v) is 25.6. The summed E-state index contributed by atoms with van der Waals surface area (Å²) in [5.41, 5.74) is 0.855. The monoisotopic (exact) mass is 572 g/mol. The summed E-state index contributed by atoms with van der Waals surface area (Å²) in [4.78, 5) is 68.1. The fourth-order valence-corrected chi connectivity index (χ4v) is 4.82. The van der Waals surface area contributed by atoms with Crippen LogP contribution in [0.15, 0.2) is 30.3 Å². The molecule has 10 nitrogen and oxygen atoms in total. The van der Waals surface area contributed by atoms with Gasteiger partial charge < -0.3 is 25.6 Å². The van der Waals surface area contributed by atoms with Gasteiger partial charge in [0.05, 0.1) is 0 Å². The minimum absolute atomic E-state index is 0.0147. The van der Waals surface area contributed by atoms with Crippen molar-refractivity contribution in [3.8, 4) is 0 Å². The standard InChI is InChI=1S/C31H48N4O6/c1-19(2)15-23-28(37)34-24(16-20(3)4)31(40)41-26(17-21(5)6)30(39)35(7)25(18-22-11-9-8-10-12-22)29(38)32-14-13-27(36)33-23/h8-12,19-21,23-26H,13-18H2,1-7H3,(H,32,38)(H,33,36)(H,34,37)/t23-,24+,25+,26+/m1/s1. The first-order valence-electron chi connectivity index (χ1n) is 14.7. The number of hydrogen-bond acceptors (Lipinski definition) is 6. The summed E-state index contributed by atoms with van der Waals surface area (Å²) in [6.45, 7) is 11.6. The number of hydrogen-bond donors (Lipinski definition) is 3. The number of carbonyl (C=O) groups excluding carboxylic acids is 5.